The minimum atomic E-state index is 0.968. The van der Waals surface area contributed by atoms with Crippen LogP contribution in [-0.4, -0.2) is 0 Å². The van der Waals surface area contributed by atoms with Crippen LogP contribution in [0.4, 0.5) is 0 Å². The van der Waals surface area contributed by atoms with E-state index in [9.17, 15) is 0 Å². The highest BCUT2D eigenvalue weighted by Crippen LogP contribution is 2.30. The molecule has 0 aromatic heterocycles. The van der Waals surface area contributed by atoms with E-state index in [1.807, 2.05) is 0 Å². The zero-order valence-corrected chi connectivity index (χ0v) is 18.5. The first kappa shape index (κ1) is 20.2. The van der Waals surface area contributed by atoms with E-state index in [2.05, 4.69) is 113 Å². The number of hydrogen-bond acceptors (Lipinski definition) is 0. The summed E-state index contributed by atoms with van der Waals surface area (Å²) in [7, 11) is 0. The lowest BCUT2D eigenvalue weighted by atomic mass is 9.91. The monoisotopic (exact) mass is 390 g/mol. The van der Waals surface area contributed by atoms with Crippen LogP contribution in [0.25, 0.3) is 11.1 Å². The Balaban J connectivity index is 1.65. The van der Waals surface area contributed by atoms with E-state index in [-0.39, 0.29) is 0 Å². The third-order valence-electron chi connectivity index (χ3n) is 5.95. The number of hydrogen-bond donors (Lipinski definition) is 0. The Hall–Kier alpha value is -3.12. The molecule has 0 N–H and O–H groups in total. The van der Waals surface area contributed by atoms with Gasteiger partial charge in [-0.3, -0.25) is 0 Å². The molecule has 0 aliphatic carbocycles. The molecular formula is C30H30. The number of aryl methyl sites for hydroxylation is 4. The molecule has 0 spiro atoms. The van der Waals surface area contributed by atoms with Crippen molar-refractivity contribution in [3.05, 3.63) is 129 Å². The van der Waals surface area contributed by atoms with E-state index >= 15 is 0 Å². The highest BCUT2D eigenvalue weighted by atomic mass is 14.1. The second-order valence-corrected chi connectivity index (χ2v) is 8.62. The van der Waals surface area contributed by atoms with Crippen molar-refractivity contribution >= 4 is 0 Å². The molecule has 4 rings (SSSR count). The fraction of sp³-hybridized carbons (Fsp3) is 0.200. The van der Waals surface area contributed by atoms with E-state index in [4.69, 9.17) is 0 Å². The predicted octanol–water partition coefficient (Wildman–Crippen LogP) is 7.77. The van der Waals surface area contributed by atoms with Crippen LogP contribution in [0.5, 0.6) is 0 Å². The van der Waals surface area contributed by atoms with E-state index < -0.39 is 0 Å². The molecule has 0 saturated heterocycles. The quantitative estimate of drug-likeness (QED) is 0.326. The van der Waals surface area contributed by atoms with Gasteiger partial charge in [-0.15, -0.1) is 0 Å². The maximum Gasteiger partial charge on any atom is -0.00255 e. The van der Waals surface area contributed by atoms with Crippen molar-refractivity contribution in [3.63, 3.8) is 0 Å². The van der Waals surface area contributed by atoms with E-state index in [1.54, 1.807) is 0 Å². The van der Waals surface area contributed by atoms with Crippen molar-refractivity contribution in [3.8, 4) is 11.1 Å². The zero-order chi connectivity index (χ0) is 21.1. The summed E-state index contributed by atoms with van der Waals surface area (Å²) in [6, 6.07) is 31.6. The fourth-order valence-electron chi connectivity index (χ4n) is 4.02. The Labute approximate surface area is 181 Å². The Morgan fingerprint density at radius 3 is 1.10 bits per heavy atom. The summed E-state index contributed by atoms with van der Waals surface area (Å²) < 4.78 is 0. The summed E-state index contributed by atoms with van der Waals surface area (Å²) in [6.07, 6.45) is 1.94. The average molecular weight is 391 g/mol. The molecule has 150 valence electrons. The van der Waals surface area contributed by atoms with Gasteiger partial charge in [0, 0.05) is 0 Å². The van der Waals surface area contributed by atoms with Crippen molar-refractivity contribution in [1.29, 1.82) is 0 Å². The van der Waals surface area contributed by atoms with Gasteiger partial charge in [0.25, 0.3) is 0 Å². The molecule has 0 aliphatic rings. The summed E-state index contributed by atoms with van der Waals surface area (Å²) in [6.45, 7) is 8.72. The number of rotatable bonds is 5. The molecule has 0 amide bonds. The third kappa shape index (κ3) is 4.71. The lowest BCUT2D eigenvalue weighted by molar-refractivity contribution is 1.17. The minimum absolute atomic E-state index is 0.968. The Bertz CT molecular complexity index is 1050. The van der Waals surface area contributed by atoms with Crippen molar-refractivity contribution < 1.29 is 0 Å². The first-order chi connectivity index (χ1) is 14.5. The zero-order valence-electron chi connectivity index (χ0n) is 18.5. The molecule has 0 fully saturated rings. The maximum absolute atomic E-state index is 2.38. The molecule has 0 aliphatic heterocycles. The van der Waals surface area contributed by atoms with E-state index in [1.165, 1.54) is 55.6 Å². The van der Waals surface area contributed by atoms with Crippen molar-refractivity contribution in [1.82, 2.24) is 0 Å². The molecule has 0 bridgehead atoms. The van der Waals surface area contributed by atoms with Gasteiger partial charge >= 0.3 is 0 Å². The minimum Gasteiger partial charge on any atom is -0.0590 e. The van der Waals surface area contributed by atoms with Crippen LogP contribution in [0, 0.1) is 27.7 Å². The Morgan fingerprint density at radius 1 is 0.400 bits per heavy atom. The predicted molar refractivity (Wildman–Crippen MR) is 129 cm³/mol. The lowest BCUT2D eigenvalue weighted by Crippen LogP contribution is -1.95. The van der Waals surface area contributed by atoms with Gasteiger partial charge in [-0.2, -0.15) is 0 Å². The summed E-state index contributed by atoms with van der Waals surface area (Å²) in [5.74, 6) is 0. The van der Waals surface area contributed by atoms with Crippen LogP contribution in [-0.2, 0) is 12.8 Å². The van der Waals surface area contributed by atoms with Gasteiger partial charge in [0.05, 0.1) is 0 Å². The third-order valence-corrected chi connectivity index (χ3v) is 5.95. The second-order valence-electron chi connectivity index (χ2n) is 8.62. The van der Waals surface area contributed by atoms with E-state index in [0.29, 0.717) is 0 Å². The van der Waals surface area contributed by atoms with Gasteiger partial charge in [-0.1, -0.05) is 96.1 Å². The van der Waals surface area contributed by atoms with Crippen LogP contribution >= 0.6 is 0 Å². The standard InChI is InChI=1S/C30H30/c1-21-5-11-25(12-6-21)17-27-15-9-23(3)29(19-27)30-20-28(16-10-24(30)4)18-26-13-7-22(2)8-14-26/h5-16,19-20H,17-18H2,1-4H3. The molecular weight excluding hydrogens is 360 g/mol. The van der Waals surface area contributed by atoms with Gasteiger partial charge in [0.2, 0.25) is 0 Å². The smallest absolute Gasteiger partial charge is 0.00255 e. The maximum atomic E-state index is 2.38. The summed E-state index contributed by atoms with van der Waals surface area (Å²) >= 11 is 0. The van der Waals surface area contributed by atoms with Gasteiger partial charge in [-0.05, 0) is 85.0 Å². The van der Waals surface area contributed by atoms with Crippen LogP contribution in [0.1, 0.15) is 44.5 Å². The summed E-state index contributed by atoms with van der Waals surface area (Å²) in [5.41, 5.74) is 13.4. The van der Waals surface area contributed by atoms with Gasteiger partial charge < -0.3 is 0 Å². The normalized spacial score (nSPS) is 10.9. The van der Waals surface area contributed by atoms with Crippen LogP contribution in [0.3, 0.4) is 0 Å². The van der Waals surface area contributed by atoms with Crippen molar-refractivity contribution in [2.75, 3.05) is 0 Å². The molecule has 0 unspecified atom stereocenters. The fourth-order valence-corrected chi connectivity index (χ4v) is 4.02. The highest BCUT2D eigenvalue weighted by Gasteiger charge is 2.09. The largest absolute Gasteiger partial charge is 0.0590 e. The summed E-state index contributed by atoms with van der Waals surface area (Å²) in [5, 5.41) is 0. The van der Waals surface area contributed by atoms with Crippen LogP contribution in [0.15, 0.2) is 84.9 Å². The van der Waals surface area contributed by atoms with Gasteiger partial charge in [-0.25, -0.2) is 0 Å². The van der Waals surface area contributed by atoms with Gasteiger partial charge in [0.1, 0.15) is 0 Å². The Kier molecular flexibility index (Phi) is 5.86. The molecule has 0 heterocycles. The molecule has 0 nitrogen and oxygen atoms in total. The molecule has 0 radical (unpaired) electrons. The number of benzene rings is 4. The lowest BCUT2D eigenvalue weighted by Gasteiger charge is -2.14. The molecule has 4 aromatic rings. The van der Waals surface area contributed by atoms with Gasteiger partial charge in [0.15, 0.2) is 0 Å². The highest BCUT2D eigenvalue weighted by molar-refractivity contribution is 5.72. The van der Waals surface area contributed by atoms with Crippen LogP contribution < -0.4 is 0 Å². The second kappa shape index (κ2) is 8.71. The molecule has 0 atom stereocenters. The first-order valence-corrected chi connectivity index (χ1v) is 10.8. The molecule has 4 aromatic carbocycles. The topological polar surface area (TPSA) is 0 Å². The van der Waals surface area contributed by atoms with Crippen LogP contribution in [0.2, 0.25) is 0 Å². The average Bonchev–Trinajstić information content (AvgIpc) is 2.74. The van der Waals surface area contributed by atoms with E-state index in [0.717, 1.165) is 12.8 Å². The Morgan fingerprint density at radius 2 is 0.733 bits per heavy atom. The van der Waals surface area contributed by atoms with Crippen molar-refractivity contribution in [2.45, 2.75) is 40.5 Å². The first-order valence-electron chi connectivity index (χ1n) is 10.8. The SMILES string of the molecule is Cc1ccc(Cc2ccc(C)c(-c3cc(Cc4ccc(C)cc4)ccc3C)c2)cc1. The summed E-state index contributed by atoms with van der Waals surface area (Å²) in [4.78, 5) is 0. The molecule has 0 heteroatoms. The molecule has 30 heavy (non-hydrogen) atoms. The van der Waals surface area contributed by atoms with Crippen molar-refractivity contribution in [2.24, 2.45) is 0 Å². The molecule has 0 saturated carbocycles.